The first-order valence-electron chi connectivity index (χ1n) is 10.9. The van der Waals surface area contributed by atoms with Crippen molar-refractivity contribution in [3.8, 4) is 22.9 Å². The number of carbonyl (C=O) groups excluding carboxylic acids is 1. The fourth-order valence-corrected chi connectivity index (χ4v) is 3.89. The fourth-order valence-electron chi connectivity index (χ4n) is 3.89. The minimum atomic E-state index is -0.605. The van der Waals surface area contributed by atoms with E-state index in [0.29, 0.717) is 40.4 Å². The summed E-state index contributed by atoms with van der Waals surface area (Å²) in [4.78, 5) is 21.6. The summed E-state index contributed by atoms with van der Waals surface area (Å²) in [5.74, 6) is -0.100. The summed E-state index contributed by atoms with van der Waals surface area (Å²) in [5, 5.41) is 15.9. The summed E-state index contributed by atoms with van der Waals surface area (Å²) in [6.45, 7) is 1.53. The van der Waals surface area contributed by atoms with Crippen molar-refractivity contribution in [2.24, 2.45) is 0 Å². The number of hydrogen-bond donors (Lipinski definition) is 2. The number of fused-ring (bicyclic) bond motifs is 1. The highest BCUT2D eigenvalue weighted by atomic mass is 19.1. The van der Waals surface area contributed by atoms with Crippen LogP contribution in [0.5, 0.6) is 5.75 Å². The maximum absolute atomic E-state index is 14.3. The van der Waals surface area contributed by atoms with Crippen LogP contribution in [0.3, 0.4) is 0 Å². The van der Waals surface area contributed by atoms with Crippen LogP contribution in [0, 0.1) is 17.1 Å². The van der Waals surface area contributed by atoms with Gasteiger partial charge in [-0.15, -0.1) is 0 Å². The highest BCUT2D eigenvalue weighted by Gasteiger charge is 2.20. The highest BCUT2D eigenvalue weighted by molar-refractivity contribution is 6.04. The van der Waals surface area contributed by atoms with Gasteiger partial charge in [0.05, 0.1) is 5.56 Å². The van der Waals surface area contributed by atoms with Crippen molar-refractivity contribution in [3.05, 3.63) is 83.8 Å². The van der Waals surface area contributed by atoms with Crippen molar-refractivity contribution in [2.45, 2.75) is 12.5 Å². The van der Waals surface area contributed by atoms with Gasteiger partial charge in [-0.25, -0.2) is 14.4 Å². The van der Waals surface area contributed by atoms with Gasteiger partial charge in [0.15, 0.2) is 5.65 Å². The van der Waals surface area contributed by atoms with E-state index in [0.717, 1.165) is 18.4 Å². The largest absolute Gasteiger partial charge is 0.488 e. The number of hydrogen-bond acceptors (Lipinski definition) is 6. The third kappa shape index (κ3) is 4.42. The number of amides is 1. The van der Waals surface area contributed by atoms with Gasteiger partial charge in [-0.2, -0.15) is 5.26 Å². The summed E-state index contributed by atoms with van der Waals surface area (Å²) in [5.41, 5.74) is 2.09. The van der Waals surface area contributed by atoms with Crippen molar-refractivity contribution in [1.82, 2.24) is 15.3 Å². The molecule has 1 fully saturated rings. The average molecular weight is 453 g/mol. The van der Waals surface area contributed by atoms with E-state index in [9.17, 15) is 9.18 Å². The molecule has 5 rings (SSSR count). The minimum Gasteiger partial charge on any atom is -0.488 e. The van der Waals surface area contributed by atoms with E-state index < -0.39 is 5.82 Å². The standard InChI is InChI=1S/C26H20FN5O2/c27-22-12-17(3-4-19(22)14-28)21-7-5-18(13-23(21)34-20-9-11-29-15-20)26(33)32-24-8-6-16-2-1-10-30-25(16)31-24/h1-8,10,12-13,20,29H,9,11,15H2,(H,30,31,32,33). The van der Waals surface area contributed by atoms with Gasteiger partial charge in [-0.3, -0.25) is 4.79 Å². The fraction of sp³-hybridized carbons (Fsp3) is 0.154. The van der Waals surface area contributed by atoms with Crippen molar-refractivity contribution in [3.63, 3.8) is 0 Å². The van der Waals surface area contributed by atoms with E-state index in [2.05, 4.69) is 20.6 Å². The van der Waals surface area contributed by atoms with Gasteiger partial charge in [-0.1, -0.05) is 6.07 Å². The predicted octanol–water partition coefficient (Wildman–Crippen LogP) is 4.30. The molecule has 1 unspecified atom stereocenters. The van der Waals surface area contributed by atoms with Gasteiger partial charge in [0, 0.05) is 29.3 Å². The zero-order valence-electron chi connectivity index (χ0n) is 18.1. The predicted molar refractivity (Wildman–Crippen MR) is 126 cm³/mol. The molecule has 168 valence electrons. The molecule has 1 aliphatic rings. The lowest BCUT2D eigenvalue weighted by molar-refractivity contribution is 0.102. The Hall–Kier alpha value is -4.35. The second-order valence-corrected chi connectivity index (χ2v) is 7.95. The zero-order chi connectivity index (χ0) is 23.5. The average Bonchev–Trinajstić information content (AvgIpc) is 3.37. The SMILES string of the molecule is N#Cc1ccc(-c2ccc(C(=O)Nc3ccc4cccnc4n3)cc2OC2CCNC2)cc1F. The lowest BCUT2D eigenvalue weighted by Gasteiger charge is -2.18. The van der Waals surface area contributed by atoms with Crippen LogP contribution in [-0.4, -0.2) is 35.1 Å². The van der Waals surface area contributed by atoms with Crippen LogP contribution in [-0.2, 0) is 0 Å². The number of halogens is 1. The van der Waals surface area contributed by atoms with E-state index in [1.165, 1.54) is 12.1 Å². The molecular formula is C26H20FN5O2. The maximum atomic E-state index is 14.3. The number of nitriles is 1. The van der Waals surface area contributed by atoms with Gasteiger partial charge >= 0.3 is 0 Å². The maximum Gasteiger partial charge on any atom is 0.256 e. The Labute approximate surface area is 195 Å². The number of aromatic nitrogens is 2. The second-order valence-electron chi connectivity index (χ2n) is 7.95. The Morgan fingerprint density at radius 1 is 1.18 bits per heavy atom. The summed E-state index contributed by atoms with van der Waals surface area (Å²) < 4.78 is 20.5. The van der Waals surface area contributed by atoms with Crippen molar-refractivity contribution < 1.29 is 13.9 Å². The van der Waals surface area contributed by atoms with Crippen molar-refractivity contribution in [1.29, 1.82) is 5.26 Å². The van der Waals surface area contributed by atoms with Crippen molar-refractivity contribution in [2.75, 3.05) is 18.4 Å². The van der Waals surface area contributed by atoms with Gasteiger partial charge in [0.25, 0.3) is 5.91 Å². The smallest absolute Gasteiger partial charge is 0.256 e. The molecule has 4 aromatic rings. The Balaban J connectivity index is 1.46. The molecule has 0 radical (unpaired) electrons. The summed E-state index contributed by atoms with van der Waals surface area (Å²) in [6.07, 6.45) is 2.41. The van der Waals surface area contributed by atoms with Gasteiger partial charge < -0.3 is 15.4 Å². The molecule has 1 amide bonds. The van der Waals surface area contributed by atoms with Crippen molar-refractivity contribution >= 4 is 22.8 Å². The van der Waals surface area contributed by atoms with E-state index in [4.69, 9.17) is 10.00 Å². The Kier molecular flexibility index (Phi) is 5.85. The number of pyridine rings is 2. The number of nitrogens with one attached hydrogen (secondary N) is 2. The first-order chi connectivity index (χ1) is 16.6. The van der Waals surface area contributed by atoms with E-state index in [1.54, 1.807) is 36.5 Å². The van der Waals surface area contributed by atoms with Crippen LogP contribution in [0.15, 0.2) is 66.9 Å². The van der Waals surface area contributed by atoms with E-state index in [-0.39, 0.29) is 17.6 Å². The lowest BCUT2D eigenvalue weighted by Crippen LogP contribution is -2.20. The molecule has 2 aromatic heterocycles. The highest BCUT2D eigenvalue weighted by Crippen LogP contribution is 2.33. The normalized spacial score (nSPS) is 15.1. The van der Waals surface area contributed by atoms with Crippen LogP contribution in [0.2, 0.25) is 0 Å². The summed E-state index contributed by atoms with van der Waals surface area (Å²) >= 11 is 0. The topological polar surface area (TPSA) is 99.9 Å². The summed E-state index contributed by atoms with van der Waals surface area (Å²) in [7, 11) is 0. The lowest BCUT2D eigenvalue weighted by atomic mass is 10.0. The molecule has 34 heavy (non-hydrogen) atoms. The number of benzene rings is 2. The van der Waals surface area contributed by atoms with Gasteiger partial charge in [-0.05, 0) is 73.1 Å². The van der Waals surface area contributed by atoms with E-state index >= 15 is 0 Å². The molecule has 3 heterocycles. The Bertz CT molecular complexity index is 1430. The molecule has 7 nitrogen and oxygen atoms in total. The van der Waals surface area contributed by atoms with E-state index in [1.807, 2.05) is 24.3 Å². The Morgan fingerprint density at radius 3 is 2.88 bits per heavy atom. The third-order valence-electron chi connectivity index (χ3n) is 5.66. The van der Waals surface area contributed by atoms with Gasteiger partial charge in [0.1, 0.15) is 29.6 Å². The summed E-state index contributed by atoms with van der Waals surface area (Å²) in [6, 6.07) is 18.5. The van der Waals surface area contributed by atoms with Crippen LogP contribution in [0.25, 0.3) is 22.2 Å². The molecule has 0 bridgehead atoms. The minimum absolute atomic E-state index is 0.0282. The molecule has 0 saturated carbocycles. The number of carbonyl (C=O) groups is 1. The molecule has 1 atom stereocenters. The molecular weight excluding hydrogens is 433 g/mol. The van der Waals surface area contributed by atoms with Crippen LogP contribution < -0.4 is 15.4 Å². The molecule has 1 saturated heterocycles. The van der Waals surface area contributed by atoms with Crippen LogP contribution in [0.1, 0.15) is 22.3 Å². The zero-order valence-corrected chi connectivity index (χ0v) is 18.1. The molecule has 0 aliphatic carbocycles. The second kappa shape index (κ2) is 9.25. The first kappa shape index (κ1) is 21.5. The molecule has 1 aliphatic heterocycles. The quantitative estimate of drug-likeness (QED) is 0.467. The Morgan fingerprint density at radius 2 is 2.09 bits per heavy atom. The molecule has 2 N–H and O–H groups in total. The number of ether oxygens (including phenoxy) is 1. The monoisotopic (exact) mass is 453 g/mol. The van der Waals surface area contributed by atoms with Crippen LogP contribution >= 0.6 is 0 Å². The van der Waals surface area contributed by atoms with Gasteiger partial charge in [0.2, 0.25) is 0 Å². The first-order valence-corrected chi connectivity index (χ1v) is 10.9. The number of nitrogens with zero attached hydrogens (tertiary/aromatic N) is 3. The molecule has 2 aromatic carbocycles. The molecule has 0 spiro atoms. The third-order valence-corrected chi connectivity index (χ3v) is 5.66. The van der Waals surface area contributed by atoms with Crippen LogP contribution in [0.4, 0.5) is 10.2 Å². The number of anilines is 1. The molecule has 8 heteroatoms. The number of rotatable bonds is 5.